The van der Waals surface area contributed by atoms with E-state index in [0.717, 1.165) is 17.1 Å². The van der Waals surface area contributed by atoms with Gasteiger partial charge in [0.1, 0.15) is 16.2 Å². The third-order valence-electron chi connectivity index (χ3n) is 2.29. The zero-order valence-electron chi connectivity index (χ0n) is 8.75. The Labute approximate surface area is 80.7 Å². The van der Waals surface area contributed by atoms with Crippen LogP contribution in [0.2, 0.25) is 0 Å². The monoisotopic (exact) mass is 197 g/mol. The van der Waals surface area contributed by atoms with Gasteiger partial charge >= 0.3 is 5.69 Å². The van der Waals surface area contributed by atoms with Gasteiger partial charge in [0.2, 0.25) is 0 Å². The lowest BCUT2D eigenvalue weighted by Gasteiger charge is -2.16. The van der Waals surface area contributed by atoms with Gasteiger partial charge in [-0.1, -0.05) is 0 Å². The molecule has 0 spiro atoms. The van der Waals surface area contributed by atoms with Crippen LogP contribution >= 0.6 is 0 Å². The van der Waals surface area contributed by atoms with Gasteiger partial charge in [-0.05, 0) is 13.8 Å². The number of rotatable bonds is 1. The summed E-state index contributed by atoms with van der Waals surface area (Å²) in [5.41, 5.74) is 1.97. The fourth-order valence-corrected chi connectivity index (χ4v) is 1.68. The minimum Gasteiger partial charge on any atom is -0.362 e. The summed E-state index contributed by atoms with van der Waals surface area (Å²) in [5.74, 6) is 0.773. The summed E-state index contributed by atoms with van der Waals surface area (Å²) in [5, 5.41) is 0. The smallest absolute Gasteiger partial charge is 0.341 e. The van der Waals surface area contributed by atoms with Crippen molar-refractivity contribution in [3.8, 4) is 0 Å². The van der Waals surface area contributed by atoms with E-state index in [1.165, 1.54) is 0 Å². The Balaban J connectivity index is 3.50. The van der Waals surface area contributed by atoms with Gasteiger partial charge in [-0.2, -0.15) is 4.98 Å². The van der Waals surface area contributed by atoms with Gasteiger partial charge in [-0.15, -0.1) is 0 Å². The fraction of sp³-hybridized carbons (Fsp3) is 0.500. The Bertz CT molecular complexity index is 384. The zero-order chi connectivity index (χ0) is 10.2. The summed E-state index contributed by atoms with van der Waals surface area (Å²) in [4.78, 5) is 17.2. The summed E-state index contributed by atoms with van der Waals surface area (Å²) in [6.45, 7) is 3.95. The van der Waals surface area contributed by atoms with E-state index in [1.54, 1.807) is 4.23 Å². The molecule has 0 aliphatic rings. The zero-order valence-corrected chi connectivity index (χ0v) is 10.7. The van der Waals surface area contributed by atoms with Gasteiger partial charge in [0.05, 0.1) is 0 Å². The van der Waals surface area contributed by atoms with Crippen LogP contribution in [0.25, 0.3) is 0 Å². The molecule has 1 heterocycles. The van der Waals surface area contributed by atoms with Crippen LogP contribution in [-0.4, -0.2) is 33.7 Å². The van der Waals surface area contributed by atoms with E-state index in [4.69, 9.17) is 0 Å². The normalized spacial score (nSPS) is 10.5. The third-order valence-corrected chi connectivity index (χ3v) is 3.35. The van der Waals surface area contributed by atoms with E-state index in [2.05, 4.69) is 4.98 Å². The molecule has 0 radical (unpaired) electrons. The van der Waals surface area contributed by atoms with E-state index < -0.39 is 0 Å². The first-order valence-corrected chi connectivity index (χ1v) is 5.06. The minimum atomic E-state index is -0.140. The van der Waals surface area contributed by atoms with Crippen molar-refractivity contribution in [1.29, 1.82) is 0 Å². The molecular formula is C8H15N3OSi. The molecule has 0 saturated carbocycles. The van der Waals surface area contributed by atoms with E-state index in [1.807, 2.05) is 32.8 Å². The molecule has 0 unspecified atom stereocenters. The summed E-state index contributed by atoms with van der Waals surface area (Å²) in [7, 11) is 4.48. The number of hydrogen-bond acceptors (Lipinski definition) is 3. The highest BCUT2D eigenvalue weighted by molar-refractivity contribution is 6.06. The molecule has 4 nitrogen and oxygen atoms in total. The molecule has 1 aromatic heterocycles. The highest BCUT2D eigenvalue weighted by Gasteiger charge is 2.08. The molecule has 1 rings (SSSR count). The Morgan fingerprint density at radius 1 is 1.38 bits per heavy atom. The molecule has 0 N–H and O–H groups in total. The molecule has 0 aliphatic carbocycles. The van der Waals surface area contributed by atoms with E-state index in [-0.39, 0.29) is 5.69 Å². The largest absolute Gasteiger partial charge is 0.362 e. The van der Waals surface area contributed by atoms with E-state index in [9.17, 15) is 4.79 Å². The molecule has 0 amide bonds. The first kappa shape index (κ1) is 9.98. The lowest BCUT2D eigenvalue weighted by atomic mass is 10.2. The quantitative estimate of drug-likeness (QED) is 0.545. The van der Waals surface area contributed by atoms with Crippen molar-refractivity contribution in [3.63, 3.8) is 0 Å². The fourth-order valence-electron chi connectivity index (χ4n) is 1.24. The van der Waals surface area contributed by atoms with Gasteiger partial charge in [0.15, 0.2) is 0 Å². The molecule has 0 fully saturated rings. The van der Waals surface area contributed by atoms with Crippen LogP contribution < -0.4 is 10.6 Å². The second-order valence-electron chi connectivity index (χ2n) is 3.38. The lowest BCUT2D eigenvalue weighted by Crippen LogP contribution is -2.28. The molecule has 1 aromatic rings. The van der Waals surface area contributed by atoms with Crippen LogP contribution in [0.3, 0.4) is 0 Å². The molecule has 0 saturated heterocycles. The minimum absolute atomic E-state index is 0.140. The van der Waals surface area contributed by atoms with Crippen molar-refractivity contribution < 1.29 is 0 Å². The number of aromatic nitrogens is 2. The van der Waals surface area contributed by atoms with Crippen molar-refractivity contribution >= 4 is 16.2 Å². The van der Waals surface area contributed by atoms with Crippen LogP contribution in [0, 0.1) is 13.8 Å². The average Bonchev–Trinajstić information content (AvgIpc) is 2.07. The van der Waals surface area contributed by atoms with Crippen LogP contribution in [-0.2, 0) is 0 Å². The van der Waals surface area contributed by atoms with Crippen molar-refractivity contribution in [2.45, 2.75) is 13.8 Å². The second-order valence-corrected chi connectivity index (χ2v) is 4.28. The maximum Gasteiger partial charge on any atom is 0.341 e. The van der Waals surface area contributed by atoms with Crippen molar-refractivity contribution in [1.82, 2.24) is 9.22 Å². The maximum absolute atomic E-state index is 11.4. The standard InChI is InChI=1S/C8H15N3OSi/c1-5-6(2)11(13)8(12)9-7(5)10(3)4/h1-4,13H3. The van der Waals surface area contributed by atoms with Crippen LogP contribution in [0.5, 0.6) is 0 Å². The Morgan fingerprint density at radius 3 is 2.38 bits per heavy atom. The molecule has 0 aromatic carbocycles. The van der Waals surface area contributed by atoms with Crippen molar-refractivity contribution in [3.05, 3.63) is 21.7 Å². The number of nitrogens with zero attached hydrogens (tertiary/aromatic N) is 3. The predicted octanol–water partition coefficient (Wildman–Crippen LogP) is -0.945. The molecule has 5 heteroatoms. The Morgan fingerprint density at radius 2 is 1.92 bits per heavy atom. The topological polar surface area (TPSA) is 38.1 Å². The van der Waals surface area contributed by atoms with Gasteiger partial charge in [0, 0.05) is 25.4 Å². The Hall–Kier alpha value is -1.10. The summed E-state index contributed by atoms with van der Waals surface area (Å²) in [6.07, 6.45) is 0. The lowest BCUT2D eigenvalue weighted by molar-refractivity contribution is 0.905. The van der Waals surface area contributed by atoms with Crippen LogP contribution in [0.15, 0.2) is 4.79 Å². The van der Waals surface area contributed by atoms with E-state index >= 15 is 0 Å². The van der Waals surface area contributed by atoms with E-state index in [0.29, 0.717) is 10.4 Å². The highest BCUT2D eigenvalue weighted by Crippen LogP contribution is 2.14. The molecular weight excluding hydrogens is 182 g/mol. The predicted molar refractivity (Wildman–Crippen MR) is 57.6 cm³/mol. The average molecular weight is 197 g/mol. The summed E-state index contributed by atoms with van der Waals surface area (Å²) in [6, 6.07) is 0. The highest BCUT2D eigenvalue weighted by atomic mass is 28.2. The van der Waals surface area contributed by atoms with Crippen molar-refractivity contribution in [2.75, 3.05) is 19.0 Å². The molecule has 72 valence electrons. The molecule has 0 bridgehead atoms. The summed E-state index contributed by atoms with van der Waals surface area (Å²) < 4.78 is 1.70. The first-order chi connectivity index (χ1) is 5.95. The van der Waals surface area contributed by atoms with Crippen molar-refractivity contribution in [2.24, 2.45) is 0 Å². The van der Waals surface area contributed by atoms with Gasteiger partial charge in [-0.25, -0.2) is 4.79 Å². The van der Waals surface area contributed by atoms with Gasteiger partial charge < -0.3 is 9.13 Å². The maximum atomic E-state index is 11.4. The number of anilines is 1. The SMILES string of the molecule is Cc1c(N(C)C)nc(=O)n([SiH3])c1C. The number of hydrogen-bond donors (Lipinski definition) is 0. The van der Waals surface area contributed by atoms with Crippen LogP contribution in [0.4, 0.5) is 5.82 Å². The third kappa shape index (κ3) is 1.65. The molecule has 0 atom stereocenters. The Kier molecular flexibility index (Phi) is 2.56. The van der Waals surface area contributed by atoms with Gasteiger partial charge in [-0.3, -0.25) is 0 Å². The molecule has 13 heavy (non-hydrogen) atoms. The first-order valence-electron chi connectivity index (χ1n) is 4.16. The second kappa shape index (κ2) is 3.33. The van der Waals surface area contributed by atoms with Crippen LogP contribution in [0.1, 0.15) is 11.3 Å². The summed E-state index contributed by atoms with van der Waals surface area (Å²) >= 11 is 0. The molecule has 0 aliphatic heterocycles. The van der Waals surface area contributed by atoms with Gasteiger partial charge in [0.25, 0.3) is 0 Å².